The first-order chi connectivity index (χ1) is 12.8. The van der Waals surface area contributed by atoms with Crippen LogP contribution in [0, 0.1) is 12.7 Å². The highest BCUT2D eigenvalue weighted by molar-refractivity contribution is 5.94. The lowest BCUT2D eigenvalue weighted by atomic mass is 10.2. The van der Waals surface area contributed by atoms with Crippen molar-refractivity contribution in [3.8, 4) is 11.4 Å². The number of hydrogen-bond donors (Lipinski definition) is 3. The van der Waals surface area contributed by atoms with Gasteiger partial charge in [0.25, 0.3) is 5.91 Å². The van der Waals surface area contributed by atoms with Crippen molar-refractivity contribution in [2.45, 2.75) is 13.0 Å². The van der Waals surface area contributed by atoms with Crippen molar-refractivity contribution in [1.82, 2.24) is 20.0 Å². The number of urea groups is 1. The molecule has 1 aliphatic heterocycles. The minimum absolute atomic E-state index is 0.129. The molecule has 0 bridgehead atoms. The molecule has 2 heterocycles. The van der Waals surface area contributed by atoms with E-state index in [9.17, 15) is 19.1 Å². The minimum Gasteiger partial charge on any atom is -0.504 e. The molecule has 1 aliphatic rings. The maximum absolute atomic E-state index is 13.2. The normalized spacial score (nSPS) is 17.0. The van der Waals surface area contributed by atoms with E-state index < -0.39 is 18.0 Å². The molecule has 1 atom stereocenters. The Morgan fingerprint density at radius 3 is 2.96 bits per heavy atom. The maximum atomic E-state index is 13.2. The van der Waals surface area contributed by atoms with Gasteiger partial charge in [-0.05, 0) is 30.7 Å². The lowest BCUT2D eigenvalue weighted by Crippen LogP contribution is -2.51. The fourth-order valence-corrected chi connectivity index (χ4v) is 2.86. The molecule has 0 spiro atoms. The summed E-state index contributed by atoms with van der Waals surface area (Å²) in [7, 11) is 0. The van der Waals surface area contributed by atoms with E-state index in [2.05, 4.69) is 10.4 Å². The van der Waals surface area contributed by atoms with E-state index in [1.54, 1.807) is 6.92 Å². The molecular formula is C17H20FN5O4. The number of primary amides is 1. The van der Waals surface area contributed by atoms with Crippen LogP contribution in [0.1, 0.15) is 16.1 Å². The molecule has 9 nitrogen and oxygen atoms in total. The third-order valence-corrected chi connectivity index (χ3v) is 4.26. The van der Waals surface area contributed by atoms with Crippen molar-refractivity contribution in [3.63, 3.8) is 0 Å². The number of halogens is 1. The first-order valence-electron chi connectivity index (χ1n) is 8.34. The molecule has 2 aromatic rings. The lowest BCUT2D eigenvalue weighted by molar-refractivity contribution is -0.0110. The van der Waals surface area contributed by atoms with Crippen LogP contribution < -0.4 is 11.1 Å². The van der Waals surface area contributed by atoms with Gasteiger partial charge in [0.15, 0.2) is 11.4 Å². The summed E-state index contributed by atoms with van der Waals surface area (Å²) in [5.74, 6) is -1.28. The Morgan fingerprint density at radius 1 is 1.48 bits per heavy atom. The van der Waals surface area contributed by atoms with Crippen molar-refractivity contribution in [2.24, 2.45) is 5.73 Å². The molecule has 3 amide bonds. The van der Waals surface area contributed by atoms with E-state index in [0.29, 0.717) is 24.4 Å². The Labute approximate surface area is 154 Å². The Morgan fingerprint density at radius 2 is 2.26 bits per heavy atom. The SMILES string of the molecule is Cc1cc(F)ccc1-n1cc(O)c(C(=O)NCC2CN(C(N)=O)CCO2)n1. The van der Waals surface area contributed by atoms with Gasteiger partial charge in [-0.25, -0.2) is 13.9 Å². The molecule has 1 aromatic heterocycles. The van der Waals surface area contributed by atoms with Crippen LogP contribution in [0.2, 0.25) is 0 Å². The van der Waals surface area contributed by atoms with Gasteiger partial charge in [0.1, 0.15) is 5.82 Å². The summed E-state index contributed by atoms with van der Waals surface area (Å²) in [6.07, 6.45) is 0.875. The van der Waals surface area contributed by atoms with Gasteiger partial charge in [-0.3, -0.25) is 4.79 Å². The Kier molecular flexibility index (Phi) is 5.26. The molecule has 0 aliphatic carbocycles. The number of amides is 3. The van der Waals surface area contributed by atoms with E-state index in [-0.39, 0.29) is 30.4 Å². The Hall–Kier alpha value is -3.14. The molecule has 1 unspecified atom stereocenters. The van der Waals surface area contributed by atoms with E-state index in [4.69, 9.17) is 10.5 Å². The molecule has 27 heavy (non-hydrogen) atoms. The zero-order valence-electron chi connectivity index (χ0n) is 14.7. The summed E-state index contributed by atoms with van der Waals surface area (Å²) in [4.78, 5) is 25.0. The van der Waals surface area contributed by atoms with E-state index in [1.807, 2.05) is 0 Å². The monoisotopic (exact) mass is 377 g/mol. The zero-order chi connectivity index (χ0) is 19.6. The maximum Gasteiger partial charge on any atom is 0.314 e. The second-order valence-corrected chi connectivity index (χ2v) is 6.23. The van der Waals surface area contributed by atoms with Crippen molar-refractivity contribution >= 4 is 11.9 Å². The lowest BCUT2D eigenvalue weighted by Gasteiger charge is -2.31. The number of aromatic hydroxyl groups is 1. The van der Waals surface area contributed by atoms with Crippen LogP contribution in [0.25, 0.3) is 5.69 Å². The van der Waals surface area contributed by atoms with Gasteiger partial charge < -0.3 is 25.8 Å². The molecule has 1 aromatic carbocycles. The van der Waals surface area contributed by atoms with Gasteiger partial charge in [-0.2, -0.15) is 5.10 Å². The number of ether oxygens (including phenoxy) is 1. The molecule has 4 N–H and O–H groups in total. The fraction of sp³-hybridized carbons (Fsp3) is 0.353. The summed E-state index contributed by atoms with van der Waals surface area (Å²) in [6, 6.07) is 3.57. The zero-order valence-corrected chi connectivity index (χ0v) is 14.7. The van der Waals surface area contributed by atoms with E-state index >= 15 is 0 Å². The highest BCUT2D eigenvalue weighted by Gasteiger charge is 2.24. The minimum atomic E-state index is -0.592. The number of aromatic nitrogens is 2. The van der Waals surface area contributed by atoms with E-state index in [1.165, 1.54) is 34.0 Å². The highest BCUT2D eigenvalue weighted by atomic mass is 19.1. The van der Waals surface area contributed by atoms with Crippen LogP contribution in [0.5, 0.6) is 5.75 Å². The van der Waals surface area contributed by atoms with Crippen molar-refractivity contribution < 1.29 is 23.8 Å². The van der Waals surface area contributed by atoms with Crippen molar-refractivity contribution in [2.75, 3.05) is 26.2 Å². The second kappa shape index (κ2) is 7.62. The molecule has 1 fully saturated rings. The molecule has 0 saturated carbocycles. The van der Waals surface area contributed by atoms with Crippen molar-refractivity contribution in [1.29, 1.82) is 0 Å². The summed E-state index contributed by atoms with van der Waals surface area (Å²) in [5, 5.41) is 16.7. The molecule has 144 valence electrons. The summed E-state index contributed by atoms with van der Waals surface area (Å²) in [6.45, 7) is 2.83. The van der Waals surface area contributed by atoms with Gasteiger partial charge in [-0.15, -0.1) is 0 Å². The predicted molar refractivity (Wildman–Crippen MR) is 93.2 cm³/mol. The number of nitrogens with one attached hydrogen (secondary N) is 1. The first kappa shape index (κ1) is 18.6. The van der Waals surface area contributed by atoms with Crippen LogP contribution in [0.4, 0.5) is 9.18 Å². The summed E-state index contributed by atoms with van der Waals surface area (Å²) < 4.78 is 20.0. The number of nitrogens with two attached hydrogens (primary N) is 1. The molecule has 3 rings (SSSR count). The number of rotatable bonds is 4. The summed E-state index contributed by atoms with van der Waals surface area (Å²) in [5.41, 5.74) is 6.23. The standard InChI is InChI=1S/C17H20FN5O4/c1-10-6-11(18)2-3-13(10)23-9-14(24)15(21-23)16(25)20-7-12-8-22(17(19)26)4-5-27-12/h2-3,6,9,12,24H,4-5,7-8H2,1H3,(H2,19,26)(H,20,25). The van der Waals surface area contributed by atoms with Crippen LogP contribution >= 0.6 is 0 Å². The van der Waals surface area contributed by atoms with Gasteiger partial charge in [0.2, 0.25) is 0 Å². The van der Waals surface area contributed by atoms with E-state index in [0.717, 1.165) is 0 Å². The molecule has 0 radical (unpaired) electrons. The number of morpholine rings is 1. The number of carbonyl (C=O) groups is 2. The number of hydrogen-bond acceptors (Lipinski definition) is 5. The summed E-state index contributed by atoms with van der Waals surface area (Å²) >= 11 is 0. The van der Waals surface area contributed by atoms with Crippen LogP contribution in [0.15, 0.2) is 24.4 Å². The van der Waals surface area contributed by atoms with Gasteiger partial charge in [0, 0.05) is 13.1 Å². The third kappa shape index (κ3) is 4.17. The van der Waals surface area contributed by atoms with Gasteiger partial charge in [0.05, 0.1) is 31.1 Å². The Balaban J connectivity index is 1.67. The average molecular weight is 377 g/mol. The second-order valence-electron chi connectivity index (χ2n) is 6.23. The average Bonchev–Trinajstić information content (AvgIpc) is 3.01. The van der Waals surface area contributed by atoms with Crippen LogP contribution in [-0.4, -0.2) is 64.1 Å². The first-order valence-corrected chi connectivity index (χ1v) is 8.34. The van der Waals surface area contributed by atoms with Crippen molar-refractivity contribution in [3.05, 3.63) is 41.5 Å². The topological polar surface area (TPSA) is 123 Å². The smallest absolute Gasteiger partial charge is 0.314 e. The fourth-order valence-electron chi connectivity index (χ4n) is 2.86. The predicted octanol–water partition coefficient (Wildman–Crippen LogP) is 0.535. The number of carbonyl (C=O) groups excluding carboxylic acids is 2. The number of benzene rings is 1. The highest BCUT2D eigenvalue weighted by Crippen LogP contribution is 2.21. The van der Waals surface area contributed by atoms with Crippen LogP contribution in [-0.2, 0) is 4.74 Å². The molecule has 1 saturated heterocycles. The molecular weight excluding hydrogens is 357 g/mol. The third-order valence-electron chi connectivity index (χ3n) is 4.26. The largest absolute Gasteiger partial charge is 0.504 e. The number of nitrogens with zero attached hydrogens (tertiary/aromatic N) is 3. The van der Waals surface area contributed by atoms with Gasteiger partial charge >= 0.3 is 6.03 Å². The molecule has 10 heteroatoms. The quantitative estimate of drug-likeness (QED) is 0.717. The number of aryl methyl sites for hydroxylation is 1. The van der Waals surface area contributed by atoms with Crippen LogP contribution in [0.3, 0.4) is 0 Å². The van der Waals surface area contributed by atoms with Gasteiger partial charge in [-0.1, -0.05) is 0 Å². The Bertz CT molecular complexity index is 869.